The number of hydrogen-bond donors (Lipinski definition) is 1. The second-order valence-electron chi connectivity index (χ2n) is 3.52. The molecule has 5 heteroatoms. The minimum Gasteiger partial charge on any atom is -0.384 e. The van der Waals surface area contributed by atoms with Crippen LogP contribution in [0.5, 0.6) is 0 Å². The summed E-state index contributed by atoms with van der Waals surface area (Å²) in [7, 11) is 0. The first kappa shape index (κ1) is 10.6. The van der Waals surface area contributed by atoms with E-state index < -0.39 is 11.7 Å². The summed E-state index contributed by atoms with van der Waals surface area (Å²) < 4.78 is 38.0. The standard InChI is InChI=1S/C10H9ClF3N/c11-7-4-6-2-1-3-15-9(6)8(5-7)10(12,13)14/h4-5,15H,1-3H2. The highest BCUT2D eigenvalue weighted by Gasteiger charge is 2.35. The van der Waals surface area contributed by atoms with Crippen LogP contribution in [0.25, 0.3) is 0 Å². The maximum Gasteiger partial charge on any atom is 0.418 e. The van der Waals surface area contributed by atoms with Crippen LogP contribution in [0.2, 0.25) is 5.02 Å². The summed E-state index contributed by atoms with van der Waals surface area (Å²) in [5.41, 5.74) is 0.184. The van der Waals surface area contributed by atoms with Gasteiger partial charge in [-0.25, -0.2) is 0 Å². The molecule has 2 rings (SSSR count). The Labute approximate surface area is 90.2 Å². The van der Waals surface area contributed by atoms with E-state index in [1.807, 2.05) is 0 Å². The minimum atomic E-state index is -4.35. The largest absolute Gasteiger partial charge is 0.418 e. The van der Waals surface area contributed by atoms with Gasteiger partial charge in [-0.2, -0.15) is 13.2 Å². The van der Waals surface area contributed by atoms with Gasteiger partial charge in [-0.3, -0.25) is 0 Å². The molecule has 0 amide bonds. The molecular weight excluding hydrogens is 227 g/mol. The summed E-state index contributed by atoms with van der Waals surface area (Å²) in [5, 5.41) is 2.93. The zero-order valence-corrected chi connectivity index (χ0v) is 8.54. The Morgan fingerprint density at radius 1 is 1.27 bits per heavy atom. The highest BCUT2D eigenvalue weighted by molar-refractivity contribution is 6.30. The zero-order valence-electron chi connectivity index (χ0n) is 7.79. The number of halogens is 4. The molecule has 1 nitrogen and oxygen atoms in total. The van der Waals surface area contributed by atoms with E-state index in [0.29, 0.717) is 18.5 Å². The van der Waals surface area contributed by atoms with Gasteiger partial charge in [-0.15, -0.1) is 0 Å². The van der Waals surface area contributed by atoms with Crippen molar-refractivity contribution in [1.82, 2.24) is 0 Å². The molecule has 1 N–H and O–H groups in total. The molecule has 0 saturated carbocycles. The lowest BCUT2D eigenvalue weighted by Crippen LogP contribution is -2.18. The van der Waals surface area contributed by atoms with Crippen molar-refractivity contribution < 1.29 is 13.2 Å². The Balaban J connectivity index is 2.58. The molecule has 0 atom stereocenters. The van der Waals surface area contributed by atoms with E-state index in [0.717, 1.165) is 12.5 Å². The van der Waals surface area contributed by atoms with Crippen molar-refractivity contribution in [3.63, 3.8) is 0 Å². The van der Waals surface area contributed by atoms with Crippen LogP contribution in [0, 0.1) is 0 Å². The molecule has 0 radical (unpaired) electrons. The van der Waals surface area contributed by atoms with Crippen LogP contribution in [0.4, 0.5) is 18.9 Å². The Morgan fingerprint density at radius 2 is 2.00 bits per heavy atom. The smallest absolute Gasteiger partial charge is 0.384 e. The van der Waals surface area contributed by atoms with E-state index in [4.69, 9.17) is 11.6 Å². The lowest BCUT2D eigenvalue weighted by atomic mass is 9.99. The van der Waals surface area contributed by atoms with Gasteiger partial charge >= 0.3 is 6.18 Å². The maximum atomic E-state index is 12.7. The minimum absolute atomic E-state index is 0.143. The molecule has 1 aromatic carbocycles. The molecule has 0 fully saturated rings. The molecule has 1 aliphatic heterocycles. The fourth-order valence-electron chi connectivity index (χ4n) is 1.79. The summed E-state index contributed by atoms with van der Waals surface area (Å²) >= 11 is 5.66. The van der Waals surface area contributed by atoms with Gasteiger partial charge in [0.05, 0.1) is 5.56 Å². The SMILES string of the molecule is FC(F)(F)c1cc(Cl)cc2c1NCCC2. The van der Waals surface area contributed by atoms with E-state index in [-0.39, 0.29) is 10.7 Å². The topological polar surface area (TPSA) is 12.0 Å². The maximum absolute atomic E-state index is 12.7. The lowest BCUT2D eigenvalue weighted by molar-refractivity contribution is -0.137. The molecule has 0 bridgehead atoms. The van der Waals surface area contributed by atoms with Crippen LogP contribution in [-0.2, 0) is 12.6 Å². The number of anilines is 1. The van der Waals surface area contributed by atoms with Crippen molar-refractivity contribution in [3.05, 3.63) is 28.3 Å². The third kappa shape index (κ3) is 2.04. The van der Waals surface area contributed by atoms with Gasteiger partial charge in [-0.05, 0) is 30.5 Å². The van der Waals surface area contributed by atoms with Crippen molar-refractivity contribution in [3.8, 4) is 0 Å². The lowest BCUT2D eigenvalue weighted by Gasteiger charge is -2.22. The Morgan fingerprint density at radius 3 is 2.67 bits per heavy atom. The fraction of sp³-hybridized carbons (Fsp3) is 0.400. The van der Waals surface area contributed by atoms with Gasteiger partial charge in [0, 0.05) is 17.3 Å². The zero-order chi connectivity index (χ0) is 11.1. The fourth-order valence-corrected chi connectivity index (χ4v) is 2.03. The van der Waals surface area contributed by atoms with Crippen molar-refractivity contribution in [2.75, 3.05) is 11.9 Å². The van der Waals surface area contributed by atoms with E-state index in [1.54, 1.807) is 6.07 Å². The first-order chi connectivity index (χ1) is 6.98. The average molecular weight is 236 g/mol. The summed E-state index contributed by atoms with van der Waals surface area (Å²) in [6.45, 7) is 0.581. The van der Waals surface area contributed by atoms with Crippen LogP contribution < -0.4 is 5.32 Å². The summed E-state index contributed by atoms with van der Waals surface area (Å²) in [6, 6.07) is 2.57. The van der Waals surface area contributed by atoms with Crippen molar-refractivity contribution in [2.24, 2.45) is 0 Å². The predicted molar refractivity (Wildman–Crippen MR) is 53.3 cm³/mol. The van der Waals surface area contributed by atoms with Crippen molar-refractivity contribution in [2.45, 2.75) is 19.0 Å². The molecule has 15 heavy (non-hydrogen) atoms. The van der Waals surface area contributed by atoms with E-state index in [1.165, 1.54) is 0 Å². The first-order valence-electron chi connectivity index (χ1n) is 4.62. The Hall–Kier alpha value is -0.900. The van der Waals surface area contributed by atoms with Gasteiger partial charge in [0.1, 0.15) is 0 Å². The highest BCUT2D eigenvalue weighted by Crippen LogP contribution is 2.40. The normalized spacial score (nSPS) is 15.7. The first-order valence-corrected chi connectivity index (χ1v) is 5.00. The number of rotatable bonds is 0. The van der Waals surface area contributed by atoms with Crippen LogP contribution >= 0.6 is 11.6 Å². The summed E-state index contributed by atoms with van der Waals surface area (Å²) in [6.07, 6.45) is -2.87. The second-order valence-corrected chi connectivity index (χ2v) is 3.95. The van der Waals surface area contributed by atoms with Crippen LogP contribution in [0.1, 0.15) is 17.5 Å². The quantitative estimate of drug-likeness (QED) is 0.723. The van der Waals surface area contributed by atoms with E-state index >= 15 is 0 Å². The molecule has 0 saturated heterocycles. The molecule has 82 valence electrons. The Kier molecular flexibility index (Phi) is 2.54. The molecule has 1 aliphatic rings. The van der Waals surface area contributed by atoms with E-state index in [9.17, 15) is 13.2 Å². The number of aryl methyl sites for hydroxylation is 1. The number of fused-ring (bicyclic) bond motifs is 1. The number of nitrogens with one attached hydrogen (secondary N) is 1. The molecule has 0 aliphatic carbocycles. The summed E-state index contributed by atoms with van der Waals surface area (Å²) in [5.74, 6) is 0. The van der Waals surface area contributed by atoms with Crippen LogP contribution in [-0.4, -0.2) is 6.54 Å². The number of benzene rings is 1. The predicted octanol–water partition coefficient (Wildman–Crippen LogP) is 3.72. The van der Waals surface area contributed by atoms with Crippen LogP contribution in [0.15, 0.2) is 12.1 Å². The second kappa shape index (κ2) is 3.59. The molecule has 0 unspecified atom stereocenters. The van der Waals surface area contributed by atoms with Gasteiger partial charge in [0.15, 0.2) is 0 Å². The van der Waals surface area contributed by atoms with Gasteiger partial charge in [0.2, 0.25) is 0 Å². The van der Waals surface area contributed by atoms with Gasteiger partial charge in [0.25, 0.3) is 0 Å². The molecule has 1 heterocycles. The molecular formula is C10H9ClF3N. The van der Waals surface area contributed by atoms with Crippen molar-refractivity contribution in [1.29, 1.82) is 0 Å². The monoisotopic (exact) mass is 235 g/mol. The van der Waals surface area contributed by atoms with Gasteiger partial charge < -0.3 is 5.32 Å². The third-order valence-electron chi connectivity index (χ3n) is 2.41. The van der Waals surface area contributed by atoms with Crippen LogP contribution in [0.3, 0.4) is 0 Å². The number of hydrogen-bond acceptors (Lipinski definition) is 1. The van der Waals surface area contributed by atoms with Gasteiger partial charge in [-0.1, -0.05) is 11.6 Å². The average Bonchev–Trinajstić information content (AvgIpc) is 2.15. The molecule has 1 aromatic rings. The molecule has 0 aromatic heterocycles. The third-order valence-corrected chi connectivity index (χ3v) is 2.63. The Bertz CT molecular complexity index is 387. The highest BCUT2D eigenvalue weighted by atomic mass is 35.5. The molecule has 0 spiro atoms. The summed E-state index contributed by atoms with van der Waals surface area (Å²) in [4.78, 5) is 0. The van der Waals surface area contributed by atoms with Crippen molar-refractivity contribution >= 4 is 17.3 Å². The van der Waals surface area contributed by atoms with E-state index in [2.05, 4.69) is 5.32 Å². The number of alkyl halides is 3.